The molecule has 0 spiro atoms. The zero-order valence-corrected chi connectivity index (χ0v) is 13.0. The number of rotatable bonds is 8. The van der Waals surface area contributed by atoms with Crippen LogP contribution >= 0.6 is 23.1 Å². The van der Waals surface area contributed by atoms with Crippen molar-refractivity contribution in [1.82, 2.24) is 4.90 Å². The van der Waals surface area contributed by atoms with Crippen molar-refractivity contribution in [3.05, 3.63) is 35.0 Å². The third kappa shape index (κ3) is 5.80. The smallest absolute Gasteiger partial charge is 0.233 e. The van der Waals surface area contributed by atoms with Crippen molar-refractivity contribution in [2.24, 2.45) is 0 Å². The average Bonchev–Trinajstić information content (AvgIpc) is 2.87. The van der Waals surface area contributed by atoms with Crippen molar-refractivity contribution in [3.63, 3.8) is 0 Å². The summed E-state index contributed by atoms with van der Waals surface area (Å²) < 4.78 is 0. The molecule has 0 radical (unpaired) electrons. The number of aliphatic hydroxyl groups is 1. The van der Waals surface area contributed by atoms with Gasteiger partial charge in [-0.25, -0.2) is 0 Å². The standard InChI is InChI=1S/C14H21NO2S2/c1-4-7-15(9-13-6-5-8-18-13)14(17)10-19-12(3)11(2)16/h4-6,8,11-12,16H,1,7,9-10H2,2-3H3. The highest BCUT2D eigenvalue weighted by molar-refractivity contribution is 8.00. The zero-order chi connectivity index (χ0) is 14.3. The van der Waals surface area contributed by atoms with Gasteiger partial charge < -0.3 is 10.0 Å². The second-order valence-corrected chi connectivity index (χ2v) is 6.80. The minimum Gasteiger partial charge on any atom is -0.392 e. The van der Waals surface area contributed by atoms with Crippen LogP contribution in [0.15, 0.2) is 30.2 Å². The van der Waals surface area contributed by atoms with E-state index in [0.717, 1.165) is 0 Å². The molecule has 0 saturated carbocycles. The predicted molar refractivity (Wildman–Crippen MR) is 83.5 cm³/mol. The Balaban J connectivity index is 2.50. The van der Waals surface area contributed by atoms with Crippen LogP contribution in [0, 0.1) is 0 Å². The summed E-state index contributed by atoms with van der Waals surface area (Å²) in [6.45, 7) is 8.56. The number of carbonyl (C=O) groups excluding carboxylic acids is 1. The number of hydrogen-bond acceptors (Lipinski definition) is 4. The molecule has 0 bridgehead atoms. The molecule has 0 aliphatic carbocycles. The Labute approximate surface area is 123 Å². The van der Waals surface area contributed by atoms with Crippen molar-refractivity contribution < 1.29 is 9.90 Å². The SMILES string of the molecule is C=CCN(Cc1cccs1)C(=O)CSC(C)C(C)O. The summed E-state index contributed by atoms with van der Waals surface area (Å²) in [5.74, 6) is 0.483. The predicted octanol–water partition coefficient (Wildman–Crippen LogP) is 2.77. The van der Waals surface area contributed by atoms with E-state index in [1.165, 1.54) is 16.6 Å². The third-order valence-electron chi connectivity index (χ3n) is 2.78. The maximum atomic E-state index is 12.2. The molecule has 1 amide bonds. The quantitative estimate of drug-likeness (QED) is 0.750. The van der Waals surface area contributed by atoms with Gasteiger partial charge in [0.1, 0.15) is 0 Å². The molecule has 5 heteroatoms. The number of thioether (sulfide) groups is 1. The van der Waals surface area contributed by atoms with E-state index in [4.69, 9.17) is 0 Å². The van der Waals surface area contributed by atoms with Crippen molar-refractivity contribution in [1.29, 1.82) is 0 Å². The normalized spacial score (nSPS) is 13.8. The molecule has 1 aromatic heterocycles. The Hall–Kier alpha value is -0.780. The molecule has 19 heavy (non-hydrogen) atoms. The van der Waals surface area contributed by atoms with Crippen LogP contribution in [0.4, 0.5) is 0 Å². The van der Waals surface area contributed by atoms with Gasteiger partial charge in [-0.15, -0.1) is 29.7 Å². The molecule has 1 rings (SSSR count). The summed E-state index contributed by atoms with van der Waals surface area (Å²) in [6.07, 6.45) is 1.34. The first-order valence-corrected chi connectivity index (χ1v) is 8.18. The van der Waals surface area contributed by atoms with Crippen molar-refractivity contribution in [3.8, 4) is 0 Å². The number of hydrogen-bond donors (Lipinski definition) is 1. The first-order valence-electron chi connectivity index (χ1n) is 6.25. The van der Waals surface area contributed by atoms with Crippen LogP contribution in [0.5, 0.6) is 0 Å². The Bertz CT molecular complexity index is 390. The molecule has 2 atom stereocenters. The summed E-state index contributed by atoms with van der Waals surface area (Å²) in [6, 6.07) is 4.01. The maximum Gasteiger partial charge on any atom is 0.233 e. The molecule has 0 saturated heterocycles. The lowest BCUT2D eigenvalue weighted by Crippen LogP contribution is -2.32. The molecule has 1 N–H and O–H groups in total. The fourth-order valence-corrected chi connectivity index (χ4v) is 3.02. The Morgan fingerprint density at radius 3 is 2.89 bits per heavy atom. The average molecular weight is 299 g/mol. The van der Waals surface area contributed by atoms with Gasteiger partial charge in [-0.05, 0) is 18.4 Å². The van der Waals surface area contributed by atoms with Gasteiger partial charge in [-0.1, -0.05) is 19.1 Å². The monoisotopic (exact) mass is 299 g/mol. The van der Waals surface area contributed by atoms with E-state index in [1.807, 2.05) is 24.4 Å². The van der Waals surface area contributed by atoms with Gasteiger partial charge in [0.2, 0.25) is 5.91 Å². The minimum absolute atomic E-state index is 0.0660. The fourth-order valence-electron chi connectivity index (χ4n) is 1.43. The van der Waals surface area contributed by atoms with Gasteiger partial charge in [0.05, 0.1) is 18.4 Å². The topological polar surface area (TPSA) is 40.5 Å². The summed E-state index contributed by atoms with van der Waals surface area (Å²) in [5.41, 5.74) is 0. The lowest BCUT2D eigenvalue weighted by molar-refractivity contribution is -0.128. The highest BCUT2D eigenvalue weighted by atomic mass is 32.2. The maximum absolute atomic E-state index is 12.2. The largest absolute Gasteiger partial charge is 0.392 e. The summed E-state index contributed by atoms with van der Waals surface area (Å²) >= 11 is 3.14. The first kappa shape index (κ1) is 16.3. The third-order valence-corrected chi connectivity index (χ3v) is 4.97. The molecule has 0 fully saturated rings. The fraction of sp³-hybridized carbons (Fsp3) is 0.500. The van der Waals surface area contributed by atoms with Gasteiger partial charge in [0.25, 0.3) is 0 Å². The van der Waals surface area contributed by atoms with E-state index >= 15 is 0 Å². The van der Waals surface area contributed by atoms with E-state index in [2.05, 4.69) is 6.58 Å². The van der Waals surface area contributed by atoms with Gasteiger partial charge >= 0.3 is 0 Å². The Morgan fingerprint density at radius 1 is 1.63 bits per heavy atom. The molecule has 2 unspecified atom stereocenters. The van der Waals surface area contributed by atoms with E-state index in [1.54, 1.807) is 29.2 Å². The van der Waals surface area contributed by atoms with Crippen molar-refractivity contribution in [2.45, 2.75) is 31.7 Å². The first-order chi connectivity index (χ1) is 9.04. The van der Waals surface area contributed by atoms with E-state index in [0.29, 0.717) is 18.8 Å². The summed E-state index contributed by atoms with van der Waals surface area (Å²) in [7, 11) is 0. The van der Waals surface area contributed by atoms with Crippen molar-refractivity contribution >= 4 is 29.0 Å². The van der Waals surface area contributed by atoms with Gasteiger partial charge in [-0.3, -0.25) is 4.79 Å². The van der Waals surface area contributed by atoms with Gasteiger partial charge in [-0.2, -0.15) is 0 Å². The number of thiophene rings is 1. The molecule has 3 nitrogen and oxygen atoms in total. The Kier molecular flexibility index (Phi) is 7.20. The van der Waals surface area contributed by atoms with Crippen LogP contribution in [0.1, 0.15) is 18.7 Å². The number of nitrogens with zero attached hydrogens (tertiary/aromatic N) is 1. The van der Waals surface area contributed by atoms with Crippen molar-refractivity contribution in [2.75, 3.05) is 12.3 Å². The van der Waals surface area contributed by atoms with Crippen LogP contribution in [-0.4, -0.2) is 39.6 Å². The Morgan fingerprint density at radius 2 is 2.37 bits per heavy atom. The number of carbonyl (C=O) groups is 1. The van der Waals surface area contributed by atoms with E-state index in [9.17, 15) is 9.90 Å². The second-order valence-electron chi connectivity index (χ2n) is 4.40. The molecule has 1 heterocycles. The molecule has 0 aliphatic heterocycles. The van der Waals surface area contributed by atoms with Gasteiger partial charge in [0.15, 0.2) is 0 Å². The molecular formula is C14H21NO2S2. The van der Waals surface area contributed by atoms with Crippen LogP contribution in [0.2, 0.25) is 0 Å². The molecule has 0 aromatic carbocycles. The van der Waals surface area contributed by atoms with E-state index < -0.39 is 6.10 Å². The van der Waals surface area contributed by atoms with Crippen LogP contribution in [-0.2, 0) is 11.3 Å². The summed E-state index contributed by atoms with van der Waals surface area (Å²) in [5, 5.41) is 11.5. The molecule has 106 valence electrons. The zero-order valence-electron chi connectivity index (χ0n) is 11.4. The minimum atomic E-state index is -0.400. The lowest BCUT2D eigenvalue weighted by atomic mass is 10.3. The summed E-state index contributed by atoms with van der Waals surface area (Å²) in [4.78, 5) is 15.1. The van der Waals surface area contributed by atoms with Crippen LogP contribution in [0.25, 0.3) is 0 Å². The highest BCUT2D eigenvalue weighted by Gasteiger charge is 2.16. The highest BCUT2D eigenvalue weighted by Crippen LogP contribution is 2.17. The lowest BCUT2D eigenvalue weighted by Gasteiger charge is -2.22. The molecular weight excluding hydrogens is 278 g/mol. The number of amides is 1. The van der Waals surface area contributed by atoms with Crippen LogP contribution < -0.4 is 0 Å². The molecule has 0 aliphatic rings. The van der Waals surface area contributed by atoms with Gasteiger partial charge in [0, 0.05) is 16.7 Å². The van der Waals surface area contributed by atoms with Crippen LogP contribution in [0.3, 0.4) is 0 Å². The molecule has 1 aromatic rings. The number of aliphatic hydroxyl groups excluding tert-OH is 1. The second kappa shape index (κ2) is 8.40. The van der Waals surface area contributed by atoms with E-state index in [-0.39, 0.29) is 11.2 Å².